The van der Waals surface area contributed by atoms with Crippen molar-refractivity contribution in [1.82, 2.24) is 0 Å². The Morgan fingerprint density at radius 3 is 2.93 bits per heavy atom. The third kappa shape index (κ3) is 2.92. The number of amides is 1. The number of primary amides is 1. The average Bonchev–Trinajstić information content (AvgIpc) is 2.12. The number of carbonyl (C=O) groups excluding carboxylic acids is 1. The third-order valence-corrected chi connectivity index (χ3v) is 2.36. The molecule has 1 aromatic rings. The Balaban J connectivity index is 2.59. The van der Waals surface area contributed by atoms with E-state index in [0.717, 1.165) is 11.3 Å². The fourth-order valence-electron chi connectivity index (χ4n) is 1.12. The Bertz CT molecular complexity index is 339. The van der Waals surface area contributed by atoms with Crippen molar-refractivity contribution in [3.8, 4) is 0 Å². The predicted molar refractivity (Wildman–Crippen MR) is 58.5 cm³/mol. The first-order valence-corrected chi connectivity index (χ1v) is 4.76. The Kier molecular flexibility index (Phi) is 3.77. The second-order valence-electron chi connectivity index (χ2n) is 3.06. The van der Waals surface area contributed by atoms with Gasteiger partial charge in [-0.2, -0.15) is 0 Å². The van der Waals surface area contributed by atoms with Crippen molar-refractivity contribution in [2.45, 2.75) is 13.3 Å². The number of hydrogen-bond acceptors (Lipinski definition) is 2. The largest absolute Gasteiger partial charge is 0.384 e. The lowest BCUT2D eigenvalue weighted by atomic mass is 10.2. The van der Waals surface area contributed by atoms with Gasteiger partial charge in [0, 0.05) is 23.7 Å². The minimum absolute atomic E-state index is 0.308. The molecule has 0 aliphatic rings. The molecule has 0 aliphatic carbocycles. The van der Waals surface area contributed by atoms with Crippen molar-refractivity contribution in [3.63, 3.8) is 0 Å². The molecule has 0 aliphatic heterocycles. The molecule has 0 heterocycles. The van der Waals surface area contributed by atoms with Crippen LogP contribution in [-0.2, 0) is 4.79 Å². The van der Waals surface area contributed by atoms with Crippen LogP contribution in [0.5, 0.6) is 0 Å². The summed E-state index contributed by atoms with van der Waals surface area (Å²) in [5, 5.41) is 3.82. The Morgan fingerprint density at radius 2 is 2.29 bits per heavy atom. The van der Waals surface area contributed by atoms with Crippen molar-refractivity contribution in [2.24, 2.45) is 5.73 Å². The molecule has 0 bridgehead atoms. The maximum Gasteiger partial charge on any atom is 0.219 e. The van der Waals surface area contributed by atoms with E-state index in [1.54, 1.807) is 0 Å². The molecule has 76 valence electrons. The van der Waals surface area contributed by atoms with E-state index in [4.69, 9.17) is 17.3 Å². The number of nitrogens with one attached hydrogen (secondary N) is 1. The van der Waals surface area contributed by atoms with Crippen molar-refractivity contribution in [3.05, 3.63) is 28.8 Å². The zero-order chi connectivity index (χ0) is 10.6. The monoisotopic (exact) mass is 212 g/mol. The lowest BCUT2D eigenvalue weighted by Crippen LogP contribution is -2.16. The van der Waals surface area contributed by atoms with Crippen LogP contribution in [0.1, 0.15) is 12.0 Å². The van der Waals surface area contributed by atoms with Crippen LogP contribution < -0.4 is 11.1 Å². The molecule has 0 unspecified atom stereocenters. The third-order valence-electron chi connectivity index (χ3n) is 1.95. The van der Waals surface area contributed by atoms with Crippen molar-refractivity contribution >= 4 is 23.2 Å². The molecule has 3 N–H and O–H groups in total. The predicted octanol–water partition coefficient (Wildman–Crippen LogP) is 1.94. The number of benzene rings is 1. The number of carbonyl (C=O) groups is 1. The second-order valence-corrected chi connectivity index (χ2v) is 3.46. The molecule has 0 spiro atoms. The first kappa shape index (κ1) is 10.9. The molecule has 14 heavy (non-hydrogen) atoms. The minimum atomic E-state index is -0.308. The summed E-state index contributed by atoms with van der Waals surface area (Å²) in [6.07, 6.45) is 0.325. The van der Waals surface area contributed by atoms with Crippen LogP contribution in [0.25, 0.3) is 0 Å². The van der Waals surface area contributed by atoms with Crippen molar-refractivity contribution in [2.75, 3.05) is 11.9 Å². The van der Waals surface area contributed by atoms with Gasteiger partial charge >= 0.3 is 0 Å². The molecule has 1 amide bonds. The fraction of sp³-hybridized carbons (Fsp3) is 0.300. The standard InChI is InChI=1S/C10H13ClN2O/c1-7-8(11)3-2-4-9(7)13-6-5-10(12)14/h2-4,13H,5-6H2,1H3,(H2,12,14). The van der Waals surface area contributed by atoms with Gasteiger partial charge in [0.1, 0.15) is 0 Å². The van der Waals surface area contributed by atoms with E-state index in [0.29, 0.717) is 18.0 Å². The number of halogens is 1. The topological polar surface area (TPSA) is 55.1 Å². The minimum Gasteiger partial charge on any atom is -0.384 e. The van der Waals surface area contributed by atoms with Crippen molar-refractivity contribution in [1.29, 1.82) is 0 Å². The number of anilines is 1. The van der Waals surface area contributed by atoms with Gasteiger partial charge in [0.05, 0.1) is 0 Å². The molecule has 0 atom stereocenters. The highest BCUT2D eigenvalue weighted by Gasteiger charge is 2.01. The van der Waals surface area contributed by atoms with Gasteiger partial charge in [-0.1, -0.05) is 17.7 Å². The molecule has 1 rings (SSSR count). The van der Waals surface area contributed by atoms with E-state index in [1.807, 2.05) is 25.1 Å². The highest BCUT2D eigenvalue weighted by molar-refractivity contribution is 6.31. The average molecular weight is 213 g/mol. The molecule has 0 saturated heterocycles. The SMILES string of the molecule is Cc1c(Cl)cccc1NCCC(N)=O. The molecule has 3 nitrogen and oxygen atoms in total. The normalized spacial score (nSPS) is 9.86. The Labute approximate surface area is 88.2 Å². The van der Waals surface area contributed by atoms with Gasteiger partial charge in [-0.15, -0.1) is 0 Å². The van der Waals surface area contributed by atoms with Crippen LogP contribution in [0.2, 0.25) is 5.02 Å². The summed E-state index contributed by atoms with van der Waals surface area (Å²) in [5.41, 5.74) is 6.95. The zero-order valence-corrected chi connectivity index (χ0v) is 8.77. The van der Waals surface area contributed by atoms with Gasteiger partial charge in [0.2, 0.25) is 5.91 Å². The van der Waals surface area contributed by atoms with E-state index >= 15 is 0 Å². The summed E-state index contributed by atoms with van der Waals surface area (Å²) >= 11 is 5.92. The number of nitrogens with two attached hydrogens (primary N) is 1. The summed E-state index contributed by atoms with van der Waals surface area (Å²) in [7, 11) is 0. The lowest BCUT2D eigenvalue weighted by Gasteiger charge is -2.09. The second kappa shape index (κ2) is 4.86. The molecule has 0 aromatic heterocycles. The Hall–Kier alpha value is -1.22. The van der Waals surface area contributed by atoms with Crippen LogP contribution >= 0.6 is 11.6 Å². The van der Waals surface area contributed by atoms with E-state index in [-0.39, 0.29) is 5.91 Å². The molecule has 0 radical (unpaired) electrons. The molecular formula is C10H13ClN2O. The van der Waals surface area contributed by atoms with Crippen LogP contribution in [0.15, 0.2) is 18.2 Å². The summed E-state index contributed by atoms with van der Waals surface area (Å²) in [6.45, 7) is 2.46. The fourth-order valence-corrected chi connectivity index (χ4v) is 1.29. The lowest BCUT2D eigenvalue weighted by molar-refractivity contribution is -0.117. The summed E-state index contributed by atoms with van der Waals surface area (Å²) < 4.78 is 0. The summed E-state index contributed by atoms with van der Waals surface area (Å²) in [4.78, 5) is 10.5. The maximum absolute atomic E-state index is 10.5. The van der Waals surface area contributed by atoms with Gasteiger partial charge in [0.15, 0.2) is 0 Å². The van der Waals surface area contributed by atoms with E-state index in [9.17, 15) is 4.79 Å². The van der Waals surface area contributed by atoms with Crippen LogP contribution in [-0.4, -0.2) is 12.5 Å². The first-order valence-electron chi connectivity index (χ1n) is 4.38. The van der Waals surface area contributed by atoms with Gasteiger partial charge in [0.25, 0.3) is 0 Å². The first-order chi connectivity index (χ1) is 6.61. The Morgan fingerprint density at radius 1 is 1.57 bits per heavy atom. The molecule has 0 fully saturated rings. The van der Waals surface area contributed by atoms with Crippen molar-refractivity contribution < 1.29 is 4.79 Å². The number of hydrogen-bond donors (Lipinski definition) is 2. The van der Waals surface area contributed by atoms with E-state index in [1.165, 1.54) is 0 Å². The molecule has 4 heteroatoms. The summed E-state index contributed by atoms with van der Waals surface area (Å²) in [6, 6.07) is 5.61. The smallest absolute Gasteiger partial charge is 0.219 e. The highest BCUT2D eigenvalue weighted by atomic mass is 35.5. The molecular weight excluding hydrogens is 200 g/mol. The van der Waals surface area contributed by atoms with Gasteiger partial charge < -0.3 is 11.1 Å². The van der Waals surface area contributed by atoms with Gasteiger partial charge in [-0.25, -0.2) is 0 Å². The zero-order valence-electron chi connectivity index (χ0n) is 8.01. The van der Waals surface area contributed by atoms with Crippen LogP contribution in [0.3, 0.4) is 0 Å². The van der Waals surface area contributed by atoms with Gasteiger partial charge in [-0.05, 0) is 24.6 Å². The maximum atomic E-state index is 10.5. The van der Waals surface area contributed by atoms with E-state index < -0.39 is 0 Å². The molecule has 1 aromatic carbocycles. The van der Waals surface area contributed by atoms with E-state index in [2.05, 4.69) is 5.32 Å². The van der Waals surface area contributed by atoms with Crippen LogP contribution in [0, 0.1) is 6.92 Å². The summed E-state index contributed by atoms with van der Waals surface area (Å²) in [5.74, 6) is -0.308. The van der Waals surface area contributed by atoms with Crippen LogP contribution in [0.4, 0.5) is 5.69 Å². The molecule has 0 saturated carbocycles. The highest BCUT2D eigenvalue weighted by Crippen LogP contribution is 2.22. The number of rotatable bonds is 4. The van der Waals surface area contributed by atoms with Gasteiger partial charge in [-0.3, -0.25) is 4.79 Å². The quantitative estimate of drug-likeness (QED) is 0.802.